The van der Waals surface area contributed by atoms with Crippen LogP contribution in [0.4, 0.5) is 5.82 Å². The number of benzene rings is 1. The molecule has 1 aromatic carbocycles. The van der Waals surface area contributed by atoms with Crippen LogP contribution in [0.15, 0.2) is 60.9 Å². The second-order valence-electron chi connectivity index (χ2n) is 7.24. The highest BCUT2D eigenvalue weighted by atomic mass is 16.1. The first-order chi connectivity index (χ1) is 12.9. The zero-order valence-electron chi connectivity index (χ0n) is 15.7. The summed E-state index contributed by atoms with van der Waals surface area (Å²) in [6, 6.07) is 15.0. The molecule has 0 saturated carbocycles. The van der Waals surface area contributed by atoms with Crippen LogP contribution in [0.5, 0.6) is 0 Å². The van der Waals surface area contributed by atoms with Crippen LogP contribution < -0.4 is 10.6 Å². The van der Waals surface area contributed by atoms with Gasteiger partial charge in [0.25, 0.3) is 5.91 Å². The second-order valence-corrected chi connectivity index (χ2v) is 7.24. The molecule has 6 heteroatoms. The van der Waals surface area contributed by atoms with Crippen molar-refractivity contribution in [2.45, 2.75) is 32.9 Å². The predicted octanol–water partition coefficient (Wildman–Crippen LogP) is 3.68. The van der Waals surface area contributed by atoms with Gasteiger partial charge in [-0.05, 0) is 38.5 Å². The number of rotatable bonds is 5. The molecule has 1 amide bonds. The van der Waals surface area contributed by atoms with Gasteiger partial charge in [0.1, 0.15) is 11.5 Å². The van der Waals surface area contributed by atoms with Crippen LogP contribution in [-0.2, 0) is 6.54 Å². The van der Waals surface area contributed by atoms with E-state index in [-0.39, 0.29) is 11.4 Å². The van der Waals surface area contributed by atoms with Crippen LogP contribution in [0.2, 0.25) is 0 Å². The molecule has 27 heavy (non-hydrogen) atoms. The molecule has 2 aromatic heterocycles. The van der Waals surface area contributed by atoms with E-state index >= 15 is 0 Å². The SMILES string of the molecule is CC(C)(C)Nc1cc(C(=O)NCc2ccncc2)nc(-c2ccccc2)n1. The number of hydrogen-bond acceptors (Lipinski definition) is 5. The molecule has 0 atom stereocenters. The van der Waals surface area contributed by atoms with Crippen molar-refractivity contribution in [3.8, 4) is 11.4 Å². The Morgan fingerprint density at radius 3 is 2.37 bits per heavy atom. The van der Waals surface area contributed by atoms with E-state index in [1.54, 1.807) is 18.5 Å². The third-order valence-electron chi connectivity index (χ3n) is 3.70. The summed E-state index contributed by atoms with van der Waals surface area (Å²) in [5.74, 6) is 0.882. The summed E-state index contributed by atoms with van der Waals surface area (Å²) in [5.41, 5.74) is 1.97. The smallest absolute Gasteiger partial charge is 0.270 e. The number of carbonyl (C=O) groups is 1. The quantitative estimate of drug-likeness (QED) is 0.725. The highest BCUT2D eigenvalue weighted by molar-refractivity contribution is 5.93. The minimum Gasteiger partial charge on any atom is -0.365 e. The Morgan fingerprint density at radius 2 is 1.70 bits per heavy atom. The lowest BCUT2D eigenvalue weighted by atomic mass is 10.1. The molecule has 0 unspecified atom stereocenters. The van der Waals surface area contributed by atoms with Gasteiger partial charge in [-0.15, -0.1) is 0 Å². The molecular weight excluding hydrogens is 338 g/mol. The Balaban J connectivity index is 1.88. The van der Waals surface area contributed by atoms with Crippen molar-refractivity contribution in [1.29, 1.82) is 0 Å². The molecular formula is C21H23N5O. The molecule has 0 aliphatic heterocycles. The van der Waals surface area contributed by atoms with Gasteiger partial charge in [0.15, 0.2) is 5.82 Å². The number of aromatic nitrogens is 3. The molecule has 3 rings (SSSR count). The maximum Gasteiger partial charge on any atom is 0.270 e. The van der Waals surface area contributed by atoms with Gasteiger partial charge in [-0.2, -0.15) is 0 Å². The Labute approximate surface area is 159 Å². The Hall–Kier alpha value is -3.28. The van der Waals surface area contributed by atoms with Crippen molar-refractivity contribution >= 4 is 11.7 Å². The third kappa shape index (κ3) is 5.34. The van der Waals surface area contributed by atoms with Crippen molar-refractivity contribution in [3.05, 3.63) is 72.2 Å². The van der Waals surface area contributed by atoms with Crippen LogP contribution in [0.3, 0.4) is 0 Å². The number of carbonyl (C=O) groups excluding carboxylic acids is 1. The topological polar surface area (TPSA) is 79.8 Å². The lowest BCUT2D eigenvalue weighted by molar-refractivity contribution is 0.0946. The molecule has 3 aromatic rings. The number of amides is 1. The summed E-state index contributed by atoms with van der Waals surface area (Å²) >= 11 is 0. The molecule has 0 saturated heterocycles. The lowest BCUT2D eigenvalue weighted by Crippen LogP contribution is -2.28. The third-order valence-corrected chi connectivity index (χ3v) is 3.70. The van der Waals surface area contributed by atoms with E-state index in [2.05, 4.69) is 25.6 Å². The predicted molar refractivity (Wildman–Crippen MR) is 106 cm³/mol. The Kier molecular flexibility index (Phi) is 5.45. The van der Waals surface area contributed by atoms with Crippen LogP contribution in [0.25, 0.3) is 11.4 Å². The van der Waals surface area contributed by atoms with E-state index in [1.807, 2.05) is 63.2 Å². The summed E-state index contributed by atoms with van der Waals surface area (Å²) in [7, 11) is 0. The van der Waals surface area contributed by atoms with Crippen LogP contribution >= 0.6 is 0 Å². The van der Waals surface area contributed by atoms with Crippen LogP contribution in [0, 0.1) is 0 Å². The van der Waals surface area contributed by atoms with E-state index in [9.17, 15) is 4.79 Å². The number of anilines is 1. The maximum absolute atomic E-state index is 12.7. The largest absolute Gasteiger partial charge is 0.365 e. The average molecular weight is 361 g/mol. The van der Waals surface area contributed by atoms with Crippen molar-refractivity contribution in [1.82, 2.24) is 20.3 Å². The van der Waals surface area contributed by atoms with E-state index in [1.165, 1.54) is 0 Å². The summed E-state index contributed by atoms with van der Waals surface area (Å²) in [5, 5.41) is 6.22. The zero-order valence-corrected chi connectivity index (χ0v) is 15.7. The minimum absolute atomic E-state index is 0.187. The summed E-state index contributed by atoms with van der Waals surface area (Å²) in [6.45, 7) is 6.54. The molecule has 2 N–H and O–H groups in total. The first-order valence-corrected chi connectivity index (χ1v) is 8.80. The molecule has 0 aliphatic rings. The number of nitrogens with one attached hydrogen (secondary N) is 2. The van der Waals surface area contributed by atoms with Gasteiger partial charge in [0, 0.05) is 36.1 Å². The van der Waals surface area contributed by atoms with Crippen LogP contribution in [0.1, 0.15) is 36.8 Å². The van der Waals surface area contributed by atoms with Gasteiger partial charge < -0.3 is 10.6 Å². The number of nitrogens with zero attached hydrogens (tertiary/aromatic N) is 3. The standard InChI is InChI=1S/C21H23N5O/c1-21(2,3)26-18-13-17(20(27)23-14-15-9-11-22-12-10-15)24-19(25-18)16-7-5-4-6-8-16/h4-13H,14H2,1-3H3,(H,23,27)(H,24,25,26). The Morgan fingerprint density at radius 1 is 1.00 bits per heavy atom. The fourth-order valence-electron chi connectivity index (χ4n) is 2.50. The van der Waals surface area contributed by atoms with Gasteiger partial charge in [-0.1, -0.05) is 30.3 Å². The molecule has 2 heterocycles. The number of hydrogen-bond donors (Lipinski definition) is 2. The normalized spacial score (nSPS) is 11.1. The average Bonchev–Trinajstić information content (AvgIpc) is 2.66. The minimum atomic E-state index is -0.247. The van der Waals surface area contributed by atoms with Gasteiger partial charge in [0.2, 0.25) is 0 Å². The molecule has 0 fully saturated rings. The monoisotopic (exact) mass is 361 g/mol. The van der Waals surface area contributed by atoms with E-state index in [0.717, 1.165) is 11.1 Å². The fourth-order valence-corrected chi connectivity index (χ4v) is 2.50. The lowest BCUT2D eigenvalue weighted by Gasteiger charge is -2.22. The molecule has 0 bridgehead atoms. The van der Waals surface area contributed by atoms with Crippen molar-refractivity contribution < 1.29 is 4.79 Å². The summed E-state index contributed by atoms with van der Waals surface area (Å²) in [6.07, 6.45) is 3.40. The van der Waals surface area contributed by atoms with Crippen molar-refractivity contribution in [2.24, 2.45) is 0 Å². The van der Waals surface area contributed by atoms with E-state index < -0.39 is 0 Å². The van der Waals surface area contributed by atoms with Crippen molar-refractivity contribution in [2.75, 3.05) is 5.32 Å². The molecule has 0 spiro atoms. The van der Waals surface area contributed by atoms with E-state index in [4.69, 9.17) is 0 Å². The van der Waals surface area contributed by atoms with Gasteiger partial charge >= 0.3 is 0 Å². The fraction of sp³-hybridized carbons (Fsp3) is 0.238. The second kappa shape index (κ2) is 7.95. The van der Waals surface area contributed by atoms with Crippen molar-refractivity contribution in [3.63, 3.8) is 0 Å². The van der Waals surface area contributed by atoms with E-state index in [0.29, 0.717) is 23.9 Å². The van der Waals surface area contributed by atoms with Gasteiger partial charge in [-0.3, -0.25) is 9.78 Å². The first-order valence-electron chi connectivity index (χ1n) is 8.80. The highest BCUT2D eigenvalue weighted by Crippen LogP contribution is 2.20. The number of pyridine rings is 1. The molecule has 0 aliphatic carbocycles. The molecule has 6 nitrogen and oxygen atoms in total. The zero-order chi connectivity index (χ0) is 19.3. The first kappa shape index (κ1) is 18.5. The molecule has 0 radical (unpaired) electrons. The molecule has 138 valence electrons. The van der Waals surface area contributed by atoms with Gasteiger partial charge in [0.05, 0.1) is 0 Å². The Bertz CT molecular complexity index is 905. The highest BCUT2D eigenvalue weighted by Gasteiger charge is 2.16. The van der Waals surface area contributed by atoms with Gasteiger partial charge in [-0.25, -0.2) is 9.97 Å². The maximum atomic E-state index is 12.7. The van der Waals surface area contributed by atoms with Crippen LogP contribution in [-0.4, -0.2) is 26.4 Å². The summed E-state index contributed by atoms with van der Waals surface area (Å²) < 4.78 is 0. The summed E-state index contributed by atoms with van der Waals surface area (Å²) in [4.78, 5) is 25.7.